The highest BCUT2D eigenvalue weighted by Crippen LogP contribution is 2.42. The van der Waals surface area contributed by atoms with Crippen LogP contribution in [-0.4, -0.2) is 51.9 Å². The second-order valence-electron chi connectivity index (χ2n) is 9.90. The van der Waals surface area contributed by atoms with Gasteiger partial charge in [-0.25, -0.2) is 4.98 Å². The molecule has 0 radical (unpaired) electrons. The summed E-state index contributed by atoms with van der Waals surface area (Å²) in [5.41, 5.74) is 4.82. The van der Waals surface area contributed by atoms with Gasteiger partial charge in [0.1, 0.15) is 5.82 Å². The van der Waals surface area contributed by atoms with E-state index in [9.17, 15) is 4.79 Å². The normalized spacial score (nSPS) is 16.6. The summed E-state index contributed by atoms with van der Waals surface area (Å²) in [6.07, 6.45) is 1.43. The molecular formula is C29H29Cl2N7O2. The molecule has 1 amide bonds. The third-order valence-electron chi connectivity index (χ3n) is 7.35. The molecule has 9 nitrogen and oxygen atoms in total. The van der Waals surface area contributed by atoms with Gasteiger partial charge < -0.3 is 25.3 Å². The van der Waals surface area contributed by atoms with Crippen LogP contribution in [0.3, 0.4) is 0 Å². The van der Waals surface area contributed by atoms with Gasteiger partial charge in [-0.15, -0.1) is 10.2 Å². The van der Waals surface area contributed by atoms with Crippen LogP contribution in [0, 0.1) is 0 Å². The number of pyridine rings is 1. The summed E-state index contributed by atoms with van der Waals surface area (Å²) in [5, 5.41) is 19.6. The van der Waals surface area contributed by atoms with Gasteiger partial charge in [-0.2, -0.15) is 0 Å². The molecule has 3 N–H and O–H groups in total. The molecule has 2 aliphatic heterocycles. The van der Waals surface area contributed by atoms with E-state index >= 15 is 0 Å². The topological polar surface area (TPSA) is 106 Å². The molecule has 4 aromatic rings. The molecule has 11 heteroatoms. The minimum Gasteiger partial charge on any atom is -0.481 e. The van der Waals surface area contributed by atoms with E-state index in [0.717, 1.165) is 59.0 Å². The number of nitrogens with one attached hydrogen (secondary N) is 3. The Labute approximate surface area is 242 Å². The number of benzene rings is 2. The molecule has 1 atom stereocenters. The molecule has 0 spiro atoms. The highest BCUT2D eigenvalue weighted by atomic mass is 35.5. The van der Waals surface area contributed by atoms with Gasteiger partial charge in [-0.3, -0.25) is 4.79 Å². The summed E-state index contributed by atoms with van der Waals surface area (Å²) < 4.78 is 7.73. The number of carbonyl (C=O) groups is 1. The van der Waals surface area contributed by atoms with Gasteiger partial charge in [0, 0.05) is 66.5 Å². The lowest BCUT2D eigenvalue weighted by Crippen LogP contribution is -2.35. The lowest BCUT2D eigenvalue weighted by atomic mass is 9.99. The maximum atomic E-state index is 11.4. The van der Waals surface area contributed by atoms with Crippen molar-refractivity contribution < 1.29 is 9.53 Å². The summed E-state index contributed by atoms with van der Waals surface area (Å²) in [4.78, 5) is 16.2. The molecule has 206 valence electrons. The molecule has 2 aromatic heterocycles. The van der Waals surface area contributed by atoms with E-state index in [1.165, 1.54) is 0 Å². The number of carbonyl (C=O) groups excluding carboxylic acids is 1. The van der Waals surface area contributed by atoms with Gasteiger partial charge in [0.15, 0.2) is 5.82 Å². The minimum atomic E-state index is 0.109. The molecule has 1 fully saturated rings. The van der Waals surface area contributed by atoms with Crippen molar-refractivity contribution >= 4 is 29.1 Å². The second kappa shape index (κ2) is 11.5. The van der Waals surface area contributed by atoms with E-state index in [4.69, 9.17) is 32.9 Å². The zero-order valence-corrected chi connectivity index (χ0v) is 23.5. The lowest BCUT2D eigenvalue weighted by Gasteiger charge is -2.18. The average molecular weight is 579 g/mol. The minimum absolute atomic E-state index is 0.109. The lowest BCUT2D eigenvalue weighted by molar-refractivity contribution is -0.119. The number of amides is 1. The van der Waals surface area contributed by atoms with Crippen molar-refractivity contribution in [3.63, 3.8) is 0 Å². The number of halogens is 2. The van der Waals surface area contributed by atoms with Crippen molar-refractivity contribution in [2.75, 3.05) is 20.2 Å². The van der Waals surface area contributed by atoms with Crippen LogP contribution in [0.15, 0.2) is 48.5 Å². The third-order valence-corrected chi connectivity index (χ3v) is 8.17. The Morgan fingerprint density at radius 1 is 1.02 bits per heavy atom. The van der Waals surface area contributed by atoms with Crippen LogP contribution >= 0.6 is 23.2 Å². The van der Waals surface area contributed by atoms with Crippen molar-refractivity contribution in [3.8, 4) is 39.7 Å². The Bertz CT molecular complexity index is 1570. The fraction of sp³-hybridized carbons (Fsp3) is 0.310. The zero-order valence-electron chi connectivity index (χ0n) is 22.0. The van der Waals surface area contributed by atoms with Crippen LogP contribution in [0.2, 0.25) is 10.0 Å². The number of nitrogens with zero attached hydrogens (tertiary/aromatic N) is 4. The molecule has 2 aromatic carbocycles. The van der Waals surface area contributed by atoms with E-state index in [0.29, 0.717) is 47.7 Å². The SMILES string of the molecule is COc1nc(-c2cccc(-c3cccc(-c4nnc5n4CCNC5)c3Cl)c2Cl)ccc1CNC[C@H]1CCC(=O)N1. The predicted molar refractivity (Wildman–Crippen MR) is 155 cm³/mol. The molecular weight excluding hydrogens is 549 g/mol. The molecule has 6 rings (SSSR count). The Morgan fingerprint density at radius 2 is 1.77 bits per heavy atom. The standard InChI is InChI=1S/C29H29Cl2N7O2/c1-40-29-17(14-33-15-18-9-11-25(39)34-18)8-10-23(35-29)21-6-2-4-19(26(21)30)20-5-3-7-22(27(20)31)28-37-36-24-16-32-12-13-38(24)28/h2-8,10,18,32-33H,9,11-16H2,1H3,(H,34,39)/t18-/m1/s1. The Balaban J connectivity index is 1.28. The Kier molecular flexibility index (Phi) is 7.71. The van der Waals surface area contributed by atoms with Crippen LogP contribution in [0.4, 0.5) is 0 Å². The first-order valence-electron chi connectivity index (χ1n) is 13.3. The van der Waals surface area contributed by atoms with Gasteiger partial charge in [0.2, 0.25) is 11.8 Å². The molecule has 1 saturated heterocycles. The molecule has 0 saturated carbocycles. The molecule has 4 heterocycles. The fourth-order valence-corrected chi connectivity index (χ4v) is 5.92. The maximum Gasteiger partial charge on any atom is 0.220 e. The number of hydrogen-bond acceptors (Lipinski definition) is 7. The number of hydrogen-bond donors (Lipinski definition) is 3. The van der Waals surface area contributed by atoms with Gasteiger partial charge in [-0.1, -0.05) is 59.6 Å². The van der Waals surface area contributed by atoms with Gasteiger partial charge in [0.25, 0.3) is 0 Å². The first kappa shape index (κ1) is 26.7. The summed E-state index contributed by atoms with van der Waals surface area (Å²) >= 11 is 14.0. The Morgan fingerprint density at radius 3 is 2.52 bits per heavy atom. The molecule has 2 aliphatic rings. The first-order valence-corrected chi connectivity index (χ1v) is 14.0. The van der Waals surface area contributed by atoms with Crippen LogP contribution < -0.4 is 20.7 Å². The van der Waals surface area contributed by atoms with Crippen LogP contribution in [0.5, 0.6) is 5.88 Å². The average Bonchev–Trinajstić information content (AvgIpc) is 3.59. The van der Waals surface area contributed by atoms with Crippen molar-refractivity contribution in [1.82, 2.24) is 35.7 Å². The van der Waals surface area contributed by atoms with Crippen molar-refractivity contribution in [2.24, 2.45) is 0 Å². The van der Waals surface area contributed by atoms with E-state index < -0.39 is 0 Å². The molecule has 0 unspecified atom stereocenters. The number of aromatic nitrogens is 4. The summed E-state index contributed by atoms with van der Waals surface area (Å²) in [5.74, 6) is 2.28. The van der Waals surface area contributed by atoms with Crippen molar-refractivity contribution in [2.45, 2.75) is 38.5 Å². The van der Waals surface area contributed by atoms with Crippen LogP contribution in [0.1, 0.15) is 24.2 Å². The summed E-state index contributed by atoms with van der Waals surface area (Å²) in [6.45, 7) is 3.58. The van der Waals surface area contributed by atoms with Crippen LogP contribution in [0.25, 0.3) is 33.8 Å². The first-order chi connectivity index (χ1) is 19.5. The maximum absolute atomic E-state index is 11.4. The van der Waals surface area contributed by atoms with Gasteiger partial charge >= 0.3 is 0 Å². The monoisotopic (exact) mass is 577 g/mol. The Hall–Kier alpha value is -3.50. The van der Waals surface area contributed by atoms with Crippen LogP contribution in [-0.2, 0) is 24.4 Å². The quantitative estimate of drug-likeness (QED) is 0.284. The van der Waals surface area contributed by atoms with Crippen molar-refractivity contribution in [1.29, 1.82) is 0 Å². The highest BCUT2D eigenvalue weighted by Gasteiger charge is 2.22. The van der Waals surface area contributed by atoms with Gasteiger partial charge in [-0.05, 0) is 18.6 Å². The van der Waals surface area contributed by atoms with E-state index in [-0.39, 0.29) is 11.9 Å². The number of rotatable bonds is 8. The summed E-state index contributed by atoms with van der Waals surface area (Å²) in [7, 11) is 1.61. The summed E-state index contributed by atoms with van der Waals surface area (Å²) in [6, 6.07) is 15.8. The number of fused-ring (bicyclic) bond motifs is 1. The van der Waals surface area contributed by atoms with Gasteiger partial charge in [0.05, 0.1) is 29.4 Å². The zero-order chi connectivity index (χ0) is 27.6. The molecule has 40 heavy (non-hydrogen) atoms. The van der Waals surface area contributed by atoms with Crippen molar-refractivity contribution in [3.05, 3.63) is 70.0 Å². The van der Waals surface area contributed by atoms with E-state index in [1.54, 1.807) is 7.11 Å². The largest absolute Gasteiger partial charge is 0.481 e. The molecule has 0 bridgehead atoms. The predicted octanol–water partition coefficient (Wildman–Crippen LogP) is 4.46. The van der Waals surface area contributed by atoms with E-state index in [2.05, 4.69) is 30.7 Å². The number of ether oxygens (including phenoxy) is 1. The number of methoxy groups -OCH3 is 1. The highest BCUT2D eigenvalue weighted by molar-refractivity contribution is 6.39. The molecule has 0 aliphatic carbocycles. The van der Waals surface area contributed by atoms with E-state index in [1.807, 2.05) is 48.5 Å². The third kappa shape index (κ3) is 5.17. The smallest absolute Gasteiger partial charge is 0.220 e. The fourth-order valence-electron chi connectivity index (χ4n) is 5.28. The second-order valence-corrected chi connectivity index (χ2v) is 10.7.